The number of carbonyl (C=O) groups is 1. The van der Waals surface area contributed by atoms with Gasteiger partial charge in [0.05, 0.1) is 12.0 Å². The molecular formula is C20H16N4O4S. The van der Waals surface area contributed by atoms with Crippen molar-refractivity contribution in [3.8, 4) is 23.0 Å². The Morgan fingerprint density at radius 2 is 1.93 bits per heavy atom. The minimum atomic E-state index is -0.558. The summed E-state index contributed by atoms with van der Waals surface area (Å²) in [6.07, 6.45) is 3.37. The summed E-state index contributed by atoms with van der Waals surface area (Å²) < 4.78 is 16.3. The van der Waals surface area contributed by atoms with Gasteiger partial charge >= 0.3 is 5.97 Å². The molecule has 0 atom stereocenters. The van der Waals surface area contributed by atoms with E-state index in [1.807, 2.05) is 36.6 Å². The Hall–Kier alpha value is -3.46. The zero-order valence-corrected chi connectivity index (χ0v) is 16.5. The Morgan fingerprint density at radius 3 is 2.66 bits per heavy atom. The van der Waals surface area contributed by atoms with Crippen molar-refractivity contribution in [1.29, 1.82) is 0 Å². The fraction of sp³-hybridized carbons (Fsp3) is 0.150. The number of aryl methyl sites for hydroxylation is 1. The molecule has 3 aromatic heterocycles. The number of furan rings is 1. The number of nitrogens with zero attached hydrogens (tertiary/aromatic N) is 4. The van der Waals surface area contributed by atoms with E-state index in [4.69, 9.17) is 13.6 Å². The van der Waals surface area contributed by atoms with Crippen LogP contribution >= 0.6 is 11.8 Å². The second kappa shape index (κ2) is 8.27. The molecule has 0 unspecified atom stereocenters. The van der Waals surface area contributed by atoms with E-state index in [0.717, 1.165) is 5.56 Å². The van der Waals surface area contributed by atoms with Crippen molar-refractivity contribution in [2.45, 2.75) is 18.6 Å². The third-order valence-corrected chi connectivity index (χ3v) is 4.69. The molecule has 1 aromatic carbocycles. The van der Waals surface area contributed by atoms with Crippen LogP contribution in [-0.2, 0) is 11.3 Å². The van der Waals surface area contributed by atoms with Crippen LogP contribution in [0, 0.1) is 6.92 Å². The Bertz CT molecular complexity index is 1130. The zero-order chi connectivity index (χ0) is 20.2. The maximum Gasteiger partial charge on any atom is 0.343 e. The van der Waals surface area contributed by atoms with Crippen LogP contribution in [0.2, 0.25) is 0 Å². The number of carbonyl (C=O) groups excluding carboxylic acids is 1. The Balaban J connectivity index is 1.51. The van der Waals surface area contributed by atoms with Crippen LogP contribution in [0.5, 0.6) is 0 Å². The Morgan fingerprint density at radius 1 is 1.10 bits per heavy atom. The second-order valence-electron chi connectivity index (χ2n) is 5.94. The predicted molar refractivity (Wildman–Crippen MR) is 105 cm³/mol. The number of thioether (sulfide) groups is 1. The number of benzene rings is 1. The molecule has 0 radical (unpaired) electrons. The van der Waals surface area contributed by atoms with Gasteiger partial charge in [-0.1, -0.05) is 18.2 Å². The lowest BCUT2D eigenvalue weighted by molar-refractivity contribution is 0.0432. The van der Waals surface area contributed by atoms with Gasteiger partial charge in [0.1, 0.15) is 10.6 Å². The number of esters is 1. The number of ether oxygens (including phenoxy) is 1. The van der Waals surface area contributed by atoms with Crippen molar-refractivity contribution in [3.05, 3.63) is 65.9 Å². The summed E-state index contributed by atoms with van der Waals surface area (Å²) in [5.74, 6) is 0.954. The lowest BCUT2D eigenvalue weighted by Crippen LogP contribution is -2.12. The minimum Gasteiger partial charge on any atom is -0.461 e. The van der Waals surface area contributed by atoms with E-state index in [1.54, 1.807) is 25.3 Å². The van der Waals surface area contributed by atoms with Crippen LogP contribution in [-0.4, -0.2) is 32.4 Å². The molecule has 0 saturated heterocycles. The molecule has 0 aliphatic heterocycles. The van der Waals surface area contributed by atoms with Crippen molar-refractivity contribution in [2.24, 2.45) is 0 Å². The molecular weight excluding hydrogens is 392 g/mol. The summed E-state index contributed by atoms with van der Waals surface area (Å²) in [6.45, 7) is 1.58. The zero-order valence-electron chi connectivity index (χ0n) is 15.7. The largest absolute Gasteiger partial charge is 0.461 e. The summed E-state index contributed by atoms with van der Waals surface area (Å²) in [7, 11) is 0. The number of hydrogen-bond acceptors (Lipinski definition) is 9. The lowest BCUT2D eigenvalue weighted by Gasteiger charge is -2.10. The third-order valence-electron chi connectivity index (χ3n) is 4.01. The van der Waals surface area contributed by atoms with Crippen molar-refractivity contribution < 1.29 is 18.4 Å². The highest BCUT2D eigenvalue weighted by Crippen LogP contribution is 2.26. The summed E-state index contributed by atoms with van der Waals surface area (Å²) >= 11 is 1.33. The van der Waals surface area contributed by atoms with Gasteiger partial charge in [-0.2, -0.15) is 0 Å². The van der Waals surface area contributed by atoms with E-state index in [9.17, 15) is 4.79 Å². The maximum absolute atomic E-state index is 12.7. The van der Waals surface area contributed by atoms with Crippen LogP contribution in [0.3, 0.4) is 0 Å². The van der Waals surface area contributed by atoms with Crippen molar-refractivity contribution in [3.63, 3.8) is 0 Å². The van der Waals surface area contributed by atoms with Gasteiger partial charge < -0.3 is 13.6 Å². The first-order valence-electron chi connectivity index (χ1n) is 8.67. The molecule has 8 nitrogen and oxygen atoms in total. The third kappa shape index (κ3) is 4.04. The van der Waals surface area contributed by atoms with Crippen LogP contribution in [0.4, 0.5) is 0 Å². The predicted octanol–water partition coefficient (Wildman–Crippen LogP) is 4.17. The fourth-order valence-electron chi connectivity index (χ4n) is 2.65. The molecule has 0 saturated carbocycles. The van der Waals surface area contributed by atoms with Crippen LogP contribution in [0.1, 0.15) is 21.9 Å². The molecule has 3 heterocycles. The normalized spacial score (nSPS) is 10.8. The van der Waals surface area contributed by atoms with E-state index >= 15 is 0 Å². The van der Waals surface area contributed by atoms with Gasteiger partial charge in [-0.15, -0.1) is 22.0 Å². The van der Waals surface area contributed by atoms with Crippen molar-refractivity contribution in [2.75, 3.05) is 6.26 Å². The standard InChI is InChI=1S/C20H16N4O4S/c1-12-16(19(29-2)22-17(21-12)14-9-6-10-26-14)20(25)27-11-15-23-24-18(28-15)13-7-4-3-5-8-13/h3-10H,11H2,1-2H3. The molecule has 146 valence electrons. The Labute approximate surface area is 170 Å². The van der Waals surface area contributed by atoms with Gasteiger partial charge in [-0.3, -0.25) is 0 Å². The summed E-state index contributed by atoms with van der Waals surface area (Å²) in [5, 5.41) is 8.41. The molecule has 0 fully saturated rings. The molecule has 4 aromatic rings. The van der Waals surface area contributed by atoms with Crippen LogP contribution < -0.4 is 0 Å². The fourth-order valence-corrected chi connectivity index (χ4v) is 3.27. The Kier molecular flexibility index (Phi) is 5.39. The van der Waals surface area contributed by atoms with Crippen molar-refractivity contribution >= 4 is 17.7 Å². The molecule has 0 amide bonds. The van der Waals surface area contributed by atoms with Gasteiger partial charge in [-0.25, -0.2) is 14.8 Å². The molecule has 0 aliphatic carbocycles. The molecule has 29 heavy (non-hydrogen) atoms. The van der Waals surface area contributed by atoms with E-state index in [1.165, 1.54) is 11.8 Å². The van der Waals surface area contributed by atoms with Crippen LogP contribution in [0.25, 0.3) is 23.0 Å². The van der Waals surface area contributed by atoms with E-state index in [-0.39, 0.29) is 12.5 Å². The topological polar surface area (TPSA) is 104 Å². The highest BCUT2D eigenvalue weighted by atomic mass is 32.2. The molecule has 9 heteroatoms. The first-order chi connectivity index (χ1) is 14.2. The summed E-state index contributed by atoms with van der Waals surface area (Å²) in [4.78, 5) is 21.5. The second-order valence-corrected chi connectivity index (χ2v) is 6.73. The molecule has 0 aliphatic rings. The van der Waals surface area contributed by atoms with E-state index in [2.05, 4.69) is 20.2 Å². The van der Waals surface area contributed by atoms with Gasteiger partial charge in [0.25, 0.3) is 5.89 Å². The SMILES string of the molecule is CSc1nc(-c2ccco2)nc(C)c1C(=O)OCc1nnc(-c2ccccc2)o1. The first-order valence-corrected chi connectivity index (χ1v) is 9.89. The van der Waals surface area contributed by atoms with Gasteiger partial charge in [-0.05, 0) is 37.4 Å². The van der Waals surface area contributed by atoms with Gasteiger partial charge in [0.15, 0.2) is 18.2 Å². The minimum absolute atomic E-state index is 0.147. The smallest absolute Gasteiger partial charge is 0.343 e. The van der Waals surface area contributed by atoms with Gasteiger partial charge in [0.2, 0.25) is 5.89 Å². The van der Waals surface area contributed by atoms with E-state index < -0.39 is 5.97 Å². The molecule has 0 spiro atoms. The van der Waals surface area contributed by atoms with Gasteiger partial charge in [0, 0.05) is 5.56 Å². The van der Waals surface area contributed by atoms with Crippen LogP contribution in [0.15, 0.2) is 62.6 Å². The summed E-state index contributed by atoms with van der Waals surface area (Å²) in [6, 6.07) is 12.9. The summed E-state index contributed by atoms with van der Waals surface area (Å²) in [5.41, 5.74) is 1.59. The highest BCUT2D eigenvalue weighted by Gasteiger charge is 2.22. The highest BCUT2D eigenvalue weighted by molar-refractivity contribution is 7.98. The first kappa shape index (κ1) is 18.9. The molecule has 4 rings (SSSR count). The monoisotopic (exact) mass is 408 g/mol. The maximum atomic E-state index is 12.7. The molecule has 0 N–H and O–H groups in total. The average Bonchev–Trinajstić information content (AvgIpc) is 3.44. The number of rotatable bonds is 6. The lowest BCUT2D eigenvalue weighted by atomic mass is 10.2. The van der Waals surface area contributed by atoms with E-state index in [0.29, 0.717) is 33.8 Å². The number of aromatic nitrogens is 4. The quantitative estimate of drug-likeness (QED) is 0.264. The molecule has 0 bridgehead atoms. The average molecular weight is 408 g/mol. The number of hydrogen-bond donors (Lipinski definition) is 0. The van der Waals surface area contributed by atoms with Crippen molar-refractivity contribution in [1.82, 2.24) is 20.2 Å².